The van der Waals surface area contributed by atoms with E-state index in [2.05, 4.69) is 4.98 Å². The minimum atomic E-state index is -0.988. The van der Waals surface area contributed by atoms with Crippen LogP contribution in [0.3, 0.4) is 0 Å². The van der Waals surface area contributed by atoms with E-state index in [1.807, 2.05) is 12.1 Å². The molecule has 4 rings (SSSR count). The maximum absolute atomic E-state index is 14.9. The SMILES string of the molecule is Fc1cc(F)c(-c2ccccc2)c(F)c1COc1cccc2cccnc12. The molecule has 2 nitrogen and oxygen atoms in total. The summed E-state index contributed by atoms with van der Waals surface area (Å²) in [5.41, 5.74) is 0.321. The molecule has 0 fully saturated rings. The number of rotatable bonds is 4. The molecule has 0 N–H and O–H groups in total. The van der Waals surface area contributed by atoms with Gasteiger partial charge in [-0.15, -0.1) is 0 Å². The molecule has 0 bridgehead atoms. The van der Waals surface area contributed by atoms with Crippen molar-refractivity contribution in [3.63, 3.8) is 0 Å². The first-order valence-corrected chi connectivity index (χ1v) is 8.33. The number of benzene rings is 3. The van der Waals surface area contributed by atoms with E-state index in [9.17, 15) is 13.2 Å². The van der Waals surface area contributed by atoms with E-state index in [0.717, 1.165) is 5.39 Å². The first kappa shape index (κ1) is 17.1. The van der Waals surface area contributed by atoms with Crippen molar-refractivity contribution in [2.24, 2.45) is 0 Å². The summed E-state index contributed by atoms with van der Waals surface area (Å²) in [7, 11) is 0. The number of hydrogen-bond acceptors (Lipinski definition) is 2. The number of nitrogens with zero attached hydrogens (tertiary/aromatic N) is 1. The number of halogens is 3. The van der Waals surface area contributed by atoms with Crippen molar-refractivity contribution in [2.45, 2.75) is 6.61 Å². The van der Waals surface area contributed by atoms with Gasteiger partial charge >= 0.3 is 0 Å². The predicted octanol–water partition coefficient (Wildman–Crippen LogP) is 5.90. The van der Waals surface area contributed by atoms with Crippen LogP contribution in [-0.2, 0) is 6.61 Å². The Hall–Kier alpha value is -3.34. The summed E-state index contributed by atoms with van der Waals surface area (Å²) in [4.78, 5) is 4.25. The molecular weight excluding hydrogens is 351 g/mol. The molecule has 0 aliphatic heterocycles. The molecule has 4 aromatic rings. The second kappa shape index (κ2) is 7.11. The second-order valence-corrected chi connectivity index (χ2v) is 5.99. The summed E-state index contributed by atoms with van der Waals surface area (Å²) in [5.74, 6) is -2.51. The van der Waals surface area contributed by atoms with Crippen LogP contribution in [0.25, 0.3) is 22.0 Å². The summed E-state index contributed by atoms with van der Waals surface area (Å²) in [5, 5.41) is 0.847. The normalized spacial score (nSPS) is 10.9. The monoisotopic (exact) mass is 365 g/mol. The fourth-order valence-electron chi connectivity index (χ4n) is 2.98. The topological polar surface area (TPSA) is 22.1 Å². The van der Waals surface area contributed by atoms with Crippen molar-refractivity contribution in [1.82, 2.24) is 4.98 Å². The highest BCUT2D eigenvalue weighted by molar-refractivity contribution is 5.84. The average Bonchev–Trinajstić information content (AvgIpc) is 2.68. The summed E-state index contributed by atoms with van der Waals surface area (Å²) in [6, 6.07) is 17.8. The smallest absolute Gasteiger partial charge is 0.146 e. The quantitative estimate of drug-likeness (QED) is 0.449. The molecule has 0 saturated heterocycles. The first-order chi connectivity index (χ1) is 13.1. The minimum absolute atomic E-state index is 0.272. The van der Waals surface area contributed by atoms with Crippen molar-refractivity contribution >= 4 is 10.9 Å². The molecule has 0 radical (unpaired) electrons. The third-order valence-electron chi connectivity index (χ3n) is 4.30. The van der Waals surface area contributed by atoms with Crippen molar-refractivity contribution < 1.29 is 17.9 Å². The van der Waals surface area contributed by atoms with E-state index in [1.54, 1.807) is 54.7 Å². The molecule has 0 amide bonds. The van der Waals surface area contributed by atoms with Crippen molar-refractivity contribution in [3.05, 3.63) is 95.9 Å². The number of para-hydroxylation sites is 1. The van der Waals surface area contributed by atoms with E-state index in [4.69, 9.17) is 4.74 Å². The van der Waals surface area contributed by atoms with Gasteiger partial charge in [0.1, 0.15) is 35.3 Å². The van der Waals surface area contributed by atoms with Gasteiger partial charge in [-0.05, 0) is 17.7 Å². The number of pyridine rings is 1. The molecule has 0 aliphatic rings. The fraction of sp³-hybridized carbons (Fsp3) is 0.0455. The molecule has 0 atom stereocenters. The van der Waals surface area contributed by atoms with Gasteiger partial charge in [-0.2, -0.15) is 0 Å². The van der Waals surface area contributed by atoms with E-state index >= 15 is 0 Å². The Labute approximate surface area is 153 Å². The molecular formula is C22H14F3NO. The van der Waals surface area contributed by atoms with Crippen LogP contribution in [0.1, 0.15) is 5.56 Å². The lowest BCUT2D eigenvalue weighted by molar-refractivity contribution is 0.295. The molecule has 3 aromatic carbocycles. The van der Waals surface area contributed by atoms with Crippen LogP contribution < -0.4 is 4.74 Å². The van der Waals surface area contributed by atoms with E-state index in [0.29, 0.717) is 22.9 Å². The van der Waals surface area contributed by atoms with Gasteiger partial charge in [0.05, 0.1) is 11.1 Å². The zero-order valence-corrected chi connectivity index (χ0v) is 14.1. The molecule has 0 spiro atoms. The highest BCUT2D eigenvalue weighted by Crippen LogP contribution is 2.31. The lowest BCUT2D eigenvalue weighted by atomic mass is 10.0. The van der Waals surface area contributed by atoms with Crippen molar-refractivity contribution in [3.8, 4) is 16.9 Å². The maximum atomic E-state index is 14.9. The molecule has 1 heterocycles. The van der Waals surface area contributed by atoms with Gasteiger partial charge < -0.3 is 4.74 Å². The standard InChI is InChI=1S/C22H14F3NO/c23-17-12-18(24)20(14-6-2-1-3-7-14)21(25)16(17)13-27-19-10-4-8-15-9-5-11-26-22(15)19/h1-12H,13H2. The predicted molar refractivity (Wildman–Crippen MR) is 97.8 cm³/mol. The van der Waals surface area contributed by atoms with Crippen LogP contribution in [0.4, 0.5) is 13.2 Å². The number of aromatic nitrogens is 1. The zero-order chi connectivity index (χ0) is 18.8. The lowest BCUT2D eigenvalue weighted by Gasteiger charge is -2.13. The molecule has 5 heteroatoms. The molecule has 134 valence electrons. The lowest BCUT2D eigenvalue weighted by Crippen LogP contribution is -2.06. The molecule has 27 heavy (non-hydrogen) atoms. The van der Waals surface area contributed by atoms with Crippen LogP contribution in [0.15, 0.2) is 72.9 Å². The zero-order valence-electron chi connectivity index (χ0n) is 14.1. The molecule has 0 unspecified atom stereocenters. The van der Waals surface area contributed by atoms with E-state index < -0.39 is 17.5 Å². The van der Waals surface area contributed by atoms with Gasteiger partial charge in [0.15, 0.2) is 0 Å². The summed E-state index contributed by atoms with van der Waals surface area (Å²) >= 11 is 0. The van der Waals surface area contributed by atoms with Crippen LogP contribution in [0.5, 0.6) is 5.75 Å². The Balaban J connectivity index is 1.72. The summed E-state index contributed by atoms with van der Waals surface area (Å²) in [6.45, 7) is -0.381. The van der Waals surface area contributed by atoms with Crippen molar-refractivity contribution in [1.29, 1.82) is 0 Å². The number of fused-ring (bicyclic) bond motifs is 1. The Morgan fingerprint density at radius 1 is 0.815 bits per heavy atom. The number of hydrogen-bond donors (Lipinski definition) is 0. The average molecular weight is 365 g/mol. The van der Waals surface area contributed by atoms with E-state index in [-0.39, 0.29) is 17.7 Å². The molecule has 0 saturated carbocycles. The van der Waals surface area contributed by atoms with Crippen molar-refractivity contribution in [2.75, 3.05) is 0 Å². The Morgan fingerprint density at radius 2 is 1.59 bits per heavy atom. The van der Waals surface area contributed by atoms with Crippen LogP contribution in [0.2, 0.25) is 0 Å². The Morgan fingerprint density at radius 3 is 2.41 bits per heavy atom. The van der Waals surface area contributed by atoms with E-state index in [1.165, 1.54) is 0 Å². The Kier molecular flexibility index (Phi) is 4.50. The third kappa shape index (κ3) is 3.24. The summed E-state index contributed by atoms with van der Waals surface area (Å²) in [6.07, 6.45) is 1.61. The van der Waals surface area contributed by atoms with Gasteiger partial charge in [0.25, 0.3) is 0 Å². The van der Waals surface area contributed by atoms with Gasteiger partial charge in [0, 0.05) is 17.6 Å². The largest absolute Gasteiger partial charge is 0.486 e. The number of ether oxygens (including phenoxy) is 1. The second-order valence-electron chi connectivity index (χ2n) is 5.99. The highest BCUT2D eigenvalue weighted by atomic mass is 19.1. The fourth-order valence-corrected chi connectivity index (χ4v) is 2.98. The highest BCUT2D eigenvalue weighted by Gasteiger charge is 2.20. The van der Waals surface area contributed by atoms with Gasteiger partial charge in [-0.25, -0.2) is 13.2 Å². The van der Waals surface area contributed by atoms with Crippen LogP contribution in [-0.4, -0.2) is 4.98 Å². The third-order valence-corrected chi connectivity index (χ3v) is 4.30. The van der Waals surface area contributed by atoms with Crippen LogP contribution >= 0.6 is 0 Å². The molecule has 1 aromatic heterocycles. The first-order valence-electron chi connectivity index (χ1n) is 8.33. The van der Waals surface area contributed by atoms with Gasteiger partial charge in [-0.3, -0.25) is 4.98 Å². The minimum Gasteiger partial charge on any atom is -0.486 e. The molecule has 0 aliphatic carbocycles. The van der Waals surface area contributed by atoms with Gasteiger partial charge in [0.2, 0.25) is 0 Å². The maximum Gasteiger partial charge on any atom is 0.146 e. The Bertz CT molecular complexity index is 1110. The summed E-state index contributed by atoms with van der Waals surface area (Å²) < 4.78 is 49.0. The van der Waals surface area contributed by atoms with Crippen LogP contribution in [0, 0.1) is 17.5 Å². The van der Waals surface area contributed by atoms with Gasteiger partial charge in [-0.1, -0.05) is 48.5 Å².